The van der Waals surface area contributed by atoms with Gasteiger partial charge in [-0.1, -0.05) is 12.1 Å². The van der Waals surface area contributed by atoms with E-state index in [0.717, 1.165) is 31.5 Å². The van der Waals surface area contributed by atoms with Gasteiger partial charge in [0.2, 0.25) is 0 Å². The predicted molar refractivity (Wildman–Crippen MR) is 92.0 cm³/mol. The fraction of sp³-hybridized carbons (Fsp3) is 0.650. The summed E-state index contributed by atoms with van der Waals surface area (Å²) in [5.41, 5.74) is 1.46. The molecule has 0 amide bonds. The molecule has 1 aromatic carbocycles. The molecule has 2 saturated carbocycles. The topological polar surface area (TPSA) is 49.8 Å². The number of hydrogen-bond acceptors (Lipinski definition) is 3. The average Bonchev–Trinajstić information content (AvgIpc) is 3.06. The van der Waals surface area contributed by atoms with E-state index in [4.69, 9.17) is 9.84 Å². The molecule has 1 heterocycles. The quantitative estimate of drug-likeness (QED) is 0.921. The van der Waals surface area contributed by atoms with Crippen molar-refractivity contribution in [1.82, 2.24) is 4.90 Å². The largest absolute Gasteiger partial charge is 0.478 e. The SMILES string of the molecule is CC1(C)CN(Cc2ccc(C(=O)O)cc2)C[C@]2(C[C@@H]3CC[C@H]2C3)O1. The zero-order chi connectivity index (χ0) is 16.9. The minimum Gasteiger partial charge on any atom is -0.478 e. The molecule has 1 aliphatic heterocycles. The van der Waals surface area contributed by atoms with E-state index in [1.165, 1.54) is 31.2 Å². The van der Waals surface area contributed by atoms with E-state index in [0.29, 0.717) is 5.56 Å². The maximum absolute atomic E-state index is 11.0. The molecule has 3 aliphatic rings. The van der Waals surface area contributed by atoms with Gasteiger partial charge >= 0.3 is 5.97 Å². The Labute approximate surface area is 143 Å². The Balaban J connectivity index is 1.51. The summed E-state index contributed by atoms with van der Waals surface area (Å²) >= 11 is 0. The molecule has 2 bridgehead atoms. The molecule has 1 N–H and O–H groups in total. The van der Waals surface area contributed by atoms with Gasteiger partial charge in [0.25, 0.3) is 0 Å². The van der Waals surface area contributed by atoms with Crippen LogP contribution in [0.5, 0.6) is 0 Å². The van der Waals surface area contributed by atoms with Crippen LogP contribution in [0.25, 0.3) is 0 Å². The summed E-state index contributed by atoms with van der Waals surface area (Å²) in [6, 6.07) is 7.30. The second-order valence-electron chi connectivity index (χ2n) is 8.65. The highest BCUT2D eigenvalue weighted by Crippen LogP contribution is 2.55. The van der Waals surface area contributed by atoms with Gasteiger partial charge in [-0.15, -0.1) is 0 Å². The van der Waals surface area contributed by atoms with Crippen molar-refractivity contribution in [1.29, 1.82) is 0 Å². The molecule has 24 heavy (non-hydrogen) atoms. The lowest BCUT2D eigenvalue weighted by molar-refractivity contribution is -0.218. The van der Waals surface area contributed by atoms with Gasteiger partial charge in [0.05, 0.1) is 16.8 Å². The van der Waals surface area contributed by atoms with E-state index in [1.807, 2.05) is 12.1 Å². The van der Waals surface area contributed by atoms with Gasteiger partial charge in [-0.25, -0.2) is 4.79 Å². The van der Waals surface area contributed by atoms with Crippen molar-refractivity contribution in [2.75, 3.05) is 13.1 Å². The zero-order valence-corrected chi connectivity index (χ0v) is 14.6. The molecular weight excluding hydrogens is 302 g/mol. The first kappa shape index (κ1) is 16.1. The van der Waals surface area contributed by atoms with Crippen LogP contribution in [0.3, 0.4) is 0 Å². The number of carboxylic acid groups (broad SMARTS) is 1. The van der Waals surface area contributed by atoms with Crippen molar-refractivity contribution in [3.63, 3.8) is 0 Å². The number of carbonyl (C=O) groups is 1. The van der Waals surface area contributed by atoms with Gasteiger partial charge in [-0.2, -0.15) is 0 Å². The van der Waals surface area contributed by atoms with Crippen molar-refractivity contribution in [2.45, 2.75) is 57.3 Å². The van der Waals surface area contributed by atoms with Crippen LogP contribution in [0.2, 0.25) is 0 Å². The third-order valence-electron chi connectivity index (χ3n) is 6.10. The van der Waals surface area contributed by atoms with Crippen LogP contribution in [0, 0.1) is 11.8 Å². The van der Waals surface area contributed by atoms with Crippen LogP contribution >= 0.6 is 0 Å². The Bertz CT molecular complexity index is 639. The van der Waals surface area contributed by atoms with E-state index >= 15 is 0 Å². The second-order valence-corrected chi connectivity index (χ2v) is 8.65. The summed E-state index contributed by atoms with van der Waals surface area (Å²) in [5.74, 6) is 0.717. The van der Waals surface area contributed by atoms with E-state index in [9.17, 15) is 4.79 Å². The fourth-order valence-corrected chi connectivity index (χ4v) is 5.42. The summed E-state index contributed by atoms with van der Waals surface area (Å²) in [6.07, 6.45) is 5.27. The Morgan fingerprint density at radius 1 is 1.25 bits per heavy atom. The number of hydrogen-bond donors (Lipinski definition) is 1. The number of nitrogens with zero attached hydrogens (tertiary/aromatic N) is 1. The van der Waals surface area contributed by atoms with E-state index in [-0.39, 0.29) is 11.2 Å². The molecule has 4 nitrogen and oxygen atoms in total. The highest BCUT2D eigenvalue weighted by Gasteiger charge is 2.56. The lowest BCUT2D eigenvalue weighted by Gasteiger charge is -2.52. The van der Waals surface area contributed by atoms with Crippen molar-refractivity contribution >= 4 is 5.97 Å². The molecule has 0 unspecified atom stereocenters. The highest BCUT2D eigenvalue weighted by atomic mass is 16.5. The van der Waals surface area contributed by atoms with E-state index < -0.39 is 5.97 Å². The Morgan fingerprint density at radius 3 is 2.58 bits per heavy atom. The molecule has 1 spiro atoms. The van der Waals surface area contributed by atoms with Crippen molar-refractivity contribution in [3.05, 3.63) is 35.4 Å². The molecule has 2 aliphatic carbocycles. The van der Waals surface area contributed by atoms with E-state index in [2.05, 4.69) is 18.7 Å². The van der Waals surface area contributed by atoms with Crippen LogP contribution in [0.1, 0.15) is 55.5 Å². The van der Waals surface area contributed by atoms with Gasteiger partial charge in [0.15, 0.2) is 0 Å². The molecule has 1 saturated heterocycles. The number of morpholine rings is 1. The van der Waals surface area contributed by atoms with Crippen molar-refractivity contribution < 1.29 is 14.6 Å². The molecule has 3 atom stereocenters. The zero-order valence-electron chi connectivity index (χ0n) is 14.6. The summed E-state index contributed by atoms with van der Waals surface area (Å²) in [5, 5.41) is 9.04. The van der Waals surface area contributed by atoms with E-state index in [1.54, 1.807) is 12.1 Å². The predicted octanol–water partition coefficient (Wildman–Crippen LogP) is 3.55. The monoisotopic (exact) mass is 329 g/mol. The normalized spacial score (nSPS) is 34.8. The van der Waals surface area contributed by atoms with Gasteiger partial charge in [-0.05, 0) is 69.1 Å². The number of fused-ring (bicyclic) bond motifs is 3. The molecule has 0 aromatic heterocycles. The minimum atomic E-state index is -0.866. The van der Waals surface area contributed by atoms with Crippen LogP contribution < -0.4 is 0 Å². The minimum absolute atomic E-state index is 0.0473. The highest BCUT2D eigenvalue weighted by molar-refractivity contribution is 5.87. The van der Waals surface area contributed by atoms with Crippen molar-refractivity contribution in [2.24, 2.45) is 11.8 Å². The maximum atomic E-state index is 11.0. The molecule has 130 valence electrons. The number of aromatic carboxylic acids is 1. The summed E-state index contributed by atoms with van der Waals surface area (Å²) in [7, 11) is 0. The van der Waals surface area contributed by atoms with Gasteiger partial charge in [0.1, 0.15) is 0 Å². The Kier molecular flexibility index (Phi) is 3.73. The van der Waals surface area contributed by atoms with Gasteiger partial charge in [0, 0.05) is 19.6 Å². The van der Waals surface area contributed by atoms with Gasteiger partial charge in [-0.3, -0.25) is 4.90 Å². The summed E-state index contributed by atoms with van der Waals surface area (Å²) in [4.78, 5) is 13.5. The lowest BCUT2D eigenvalue weighted by Crippen LogP contribution is -2.61. The molecule has 4 rings (SSSR count). The van der Waals surface area contributed by atoms with Crippen LogP contribution in [0.15, 0.2) is 24.3 Å². The third kappa shape index (κ3) is 2.86. The standard InChI is InChI=1S/C20H27NO3/c1-19(2)12-21(11-14-3-6-16(7-4-14)18(22)23)13-20(24-19)10-15-5-8-17(20)9-15/h3-4,6-7,15,17H,5,8-13H2,1-2H3,(H,22,23)/t15-,17+,20+/m1/s1. The Morgan fingerprint density at radius 2 is 2.00 bits per heavy atom. The molecule has 3 fully saturated rings. The first-order valence-electron chi connectivity index (χ1n) is 9.10. The second kappa shape index (κ2) is 5.57. The number of ether oxygens (including phenoxy) is 1. The third-order valence-corrected chi connectivity index (χ3v) is 6.10. The number of carboxylic acids is 1. The summed E-state index contributed by atoms with van der Waals surface area (Å²) in [6.45, 7) is 7.22. The lowest BCUT2D eigenvalue weighted by atomic mass is 9.81. The first-order valence-corrected chi connectivity index (χ1v) is 9.10. The maximum Gasteiger partial charge on any atom is 0.335 e. The van der Waals surface area contributed by atoms with Crippen molar-refractivity contribution in [3.8, 4) is 0 Å². The van der Waals surface area contributed by atoms with Crippen LogP contribution in [0.4, 0.5) is 0 Å². The summed E-state index contributed by atoms with van der Waals surface area (Å²) < 4.78 is 6.66. The van der Waals surface area contributed by atoms with Crippen LogP contribution in [-0.4, -0.2) is 40.3 Å². The molecular formula is C20H27NO3. The Hall–Kier alpha value is -1.39. The smallest absolute Gasteiger partial charge is 0.335 e. The molecule has 1 aromatic rings. The number of benzene rings is 1. The first-order chi connectivity index (χ1) is 11.4. The number of rotatable bonds is 3. The molecule has 4 heteroatoms. The average molecular weight is 329 g/mol. The fourth-order valence-electron chi connectivity index (χ4n) is 5.42. The van der Waals surface area contributed by atoms with Gasteiger partial charge < -0.3 is 9.84 Å². The van der Waals surface area contributed by atoms with Crippen LogP contribution in [-0.2, 0) is 11.3 Å². The molecule has 0 radical (unpaired) electrons.